The van der Waals surface area contributed by atoms with Crippen LogP contribution in [0.25, 0.3) is 0 Å². The lowest BCUT2D eigenvalue weighted by Crippen LogP contribution is -2.49. The van der Waals surface area contributed by atoms with Gasteiger partial charge >= 0.3 is 0 Å². The Labute approximate surface area is 113 Å². The van der Waals surface area contributed by atoms with Crippen LogP contribution in [0.15, 0.2) is 24.3 Å². The van der Waals surface area contributed by atoms with E-state index in [4.69, 9.17) is 10.5 Å². The van der Waals surface area contributed by atoms with Gasteiger partial charge in [0.25, 0.3) is 0 Å². The summed E-state index contributed by atoms with van der Waals surface area (Å²) < 4.78 is 5.40. The molecule has 1 fully saturated rings. The molecule has 5 nitrogen and oxygen atoms in total. The van der Waals surface area contributed by atoms with E-state index in [9.17, 15) is 4.79 Å². The third-order valence-electron chi connectivity index (χ3n) is 3.42. The first-order valence-corrected chi connectivity index (χ1v) is 6.61. The van der Waals surface area contributed by atoms with Crippen LogP contribution < -0.4 is 15.8 Å². The van der Waals surface area contributed by atoms with Gasteiger partial charge in [-0.15, -0.1) is 0 Å². The minimum Gasteiger partial charge on any atom is -0.496 e. The summed E-state index contributed by atoms with van der Waals surface area (Å²) in [5.74, 6) is 0.932. The van der Waals surface area contributed by atoms with Crippen molar-refractivity contribution in [2.45, 2.75) is 12.5 Å². The Morgan fingerprint density at radius 3 is 3.05 bits per heavy atom. The lowest BCUT2D eigenvalue weighted by atomic mass is 10.0. The highest BCUT2D eigenvalue weighted by molar-refractivity contribution is 5.77. The van der Waals surface area contributed by atoms with Gasteiger partial charge in [-0.2, -0.15) is 0 Å². The third-order valence-corrected chi connectivity index (χ3v) is 3.42. The number of hydrogen-bond acceptors (Lipinski definition) is 4. The van der Waals surface area contributed by atoms with Crippen LogP contribution in [0.2, 0.25) is 0 Å². The first kappa shape index (κ1) is 13.8. The van der Waals surface area contributed by atoms with Crippen LogP contribution in [0.4, 0.5) is 0 Å². The highest BCUT2D eigenvalue weighted by Gasteiger charge is 2.29. The molecular formula is C14H21N3O2. The SMILES string of the molecule is COc1ccccc1C1CNCCN1C(=O)CCN. The summed E-state index contributed by atoms with van der Waals surface area (Å²) in [6, 6.07) is 7.86. The molecule has 0 bridgehead atoms. The average molecular weight is 263 g/mol. The summed E-state index contributed by atoms with van der Waals surface area (Å²) in [5, 5.41) is 3.33. The summed E-state index contributed by atoms with van der Waals surface area (Å²) in [6.07, 6.45) is 0.394. The molecule has 1 aliphatic heterocycles. The van der Waals surface area contributed by atoms with Crippen LogP contribution in [-0.2, 0) is 4.79 Å². The molecule has 104 valence electrons. The van der Waals surface area contributed by atoms with Gasteiger partial charge in [0.05, 0.1) is 13.2 Å². The van der Waals surface area contributed by atoms with Crippen molar-refractivity contribution in [3.05, 3.63) is 29.8 Å². The number of nitrogens with zero attached hydrogens (tertiary/aromatic N) is 1. The minimum absolute atomic E-state index is 0.0175. The summed E-state index contributed by atoms with van der Waals surface area (Å²) >= 11 is 0. The van der Waals surface area contributed by atoms with Crippen LogP contribution in [0.5, 0.6) is 5.75 Å². The number of piperazine rings is 1. The second-order valence-electron chi connectivity index (χ2n) is 4.59. The molecule has 1 unspecified atom stereocenters. The predicted octanol–water partition coefficient (Wildman–Crippen LogP) is 0.517. The number of hydrogen-bond donors (Lipinski definition) is 2. The van der Waals surface area contributed by atoms with Crippen LogP contribution in [0.1, 0.15) is 18.0 Å². The van der Waals surface area contributed by atoms with E-state index in [0.29, 0.717) is 19.5 Å². The van der Waals surface area contributed by atoms with E-state index >= 15 is 0 Å². The van der Waals surface area contributed by atoms with Crippen molar-refractivity contribution >= 4 is 5.91 Å². The fourth-order valence-electron chi connectivity index (χ4n) is 2.49. The lowest BCUT2D eigenvalue weighted by molar-refractivity contribution is -0.134. The number of amides is 1. The number of ether oxygens (including phenoxy) is 1. The van der Waals surface area contributed by atoms with Gasteiger partial charge in [-0.25, -0.2) is 0 Å². The standard InChI is InChI=1S/C14H21N3O2/c1-19-13-5-3-2-4-11(13)12-10-16-8-9-17(12)14(18)6-7-15/h2-5,12,16H,6-10,15H2,1H3. The summed E-state index contributed by atoms with van der Waals surface area (Å²) in [5.41, 5.74) is 6.53. The van der Waals surface area contributed by atoms with E-state index in [1.807, 2.05) is 29.2 Å². The van der Waals surface area contributed by atoms with E-state index in [-0.39, 0.29) is 11.9 Å². The smallest absolute Gasteiger partial charge is 0.224 e. The first-order chi connectivity index (χ1) is 9.27. The lowest BCUT2D eigenvalue weighted by Gasteiger charge is -2.37. The molecule has 2 rings (SSSR count). The molecule has 1 aromatic rings. The quantitative estimate of drug-likeness (QED) is 0.831. The Hall–Kier alpha value is -1.59. The molecule has 3 N–H and O–H groups in total. The Kier molecular flexibility index (Phi) is 4.76. The van der Waals surface area contributed by atoms with Crippen LogP contribution in [-0.4, -0.2) is 44.1 Å². The molecule has 1 aliphatic rings. The Morgan fingerprint density at radius 2 is 2.32 bits per heavy atom. The molecule has 1 amide bonds. The molecule has 1 saturated heterocycles. The van der Waals surface area contributed by atoms with Gasteiger partial charge < -0.3 is 20.7 Å². The second-order valence-corrected chi connectivity index (χ2v) is 4.59. The normalized spacial score (nSPS) is 19.3. The van der Waals surface area contributed by atoms with Crippen LogP contribution >= 0.6 is 0 Å². The minimum atomic E-state index is 0.0175. The van der Waals surface area contributed by atoms with E-state index in [1.165, 1.54) is 0 Å². The molecular weight excluding hydrogens is 242 g/mol. The molecule has 1 heterocycles. The van der Waals surface area contributed by atoms with Gasteiger partial charge in [-0.3, -0.25) is 4.79 Å². The largest absolute Gasteiger partial charge is 0.496 e. The van der Waals surface area contributed by atoms with Crippen molar-refractivity contribution < 1.29 is 9.53 Å². The van der Waals surface area contributed by atoms with E-state index < -0.39 is 0 Å². The van der Waals surface area contributed by atoms with Gasteiger partial charge in [0, 0.05) is 38.2 Å². The molecule has 0 aromatic heterocycles. The maximum atomic E-state index is 12.2. The molecule has 0 radical (unpaired) electrons. The van der Waals surface area contributed by atoms with Crippen LogP contribution in [0, 0.1) is 0 Å². The molecule has 0 saturated carbocycles. The molecule has 0 aliphatic carbocycles. The van der Waals surface area contributed by atoms with E-state index in [1.54, 1.807) is 7.11 Å². The highest BCUT2D eigenvalue weighted by Crippen LogP contribution is 2.30. The number of rotatable bonds is 4. The Balaban J connectivity index is 2.26. The summed E-state index contributed by atoms with van der Waals surface area (Å²) in [4.78, 5) is 14.1. The molecule has 5 heteroatoms. The number of methoxy groups -OCH3 is 1. The number of nitrogens with one attached hydrogen (secondary N) is 1. The van der Waals surface area contributed by atoms with Gasteiger partial charge in [0.2, 0.25) is 5.91 Å². The number of para-hydroxylation sites is 1. The fourth-order valence-corrected chi connectivity index (χ4v) is 2.49. The van der Waals surface area contributed by atoms with Gasteiger partial charge in [0.15, 0.2) is 0 Å². The zero-order chi connectivity index (χ0) is 13.7. The molecule has 19 heavy (non-hydrogen) atoms. The van der Waals surface area contributed by atoms with E-state index in [2.05, 4.69) is 5.32 Å². The predicted molar refractivity (Wildman–Crippen MR) is 74.0 cm³/mol. The van der Waals surface area contributed by atoms with Gasteiger partial charge in [-0.05, 0) is 6.07 Å². The number of carbonyl (C=O) groups excluding carboxylic acids is 1. The summed E-state index contributed by atoms with van der Waals surface area (Å²) in [6.45, 7) is 2.67. The van der Waals surface area contributed by atoms with Crippen molar-refractivity contribution in [3.8, 4) is 5.75 Å². The average Bonchev–Trinajstić information content (AvgIpc) is 2.47. The topological polar surface area (TPSA) is 67.6 Å². The van der Waals surface area contributed by atoms with E-state index in [0.717, 1.165) is 24.4 Å². The monoisotopic (exact) mass is 263 g/mol. The van der Waals surface area contributed by atoms with Crippen molar-refractivity contribution in [3.63, 3.8) is 0 Å². The second kappa shape index (κ2) is 6.54. The van der Waals surface area contributed by atoms with Gasteiger partial charge in [-0.1, -0.05) is 18.2 Å². The van der Waals surface area contributed by atoms with Crippen molar-refractivity contribution in [2.24, 2.45) is 5.73 Å². The fraction of sp³-hybridized carbons (Fsp3) is 0.500. The van der Waals surface area contributed by atoms with Crippen molar-refractivity contribution in [1.82, 2.24) is 10.2 Å². The maximum absolute atomic E-state index is 12.2. The van der Waals surface area contributed by atoms with Crippen LogP contribution in [0.3, 0.4) is 0 Å². The number of nitrogens with two attached hydrogens (primary N) is 1. The maximum Gasteiger partial charge on any atom is 0.224 e. The third kappa shape index (κ3) is 3.05. The molecule has 0 spiro atoms. The number of benzene rings is 1. The van der Waals surface area contributed by atoms with Gasteiger partial charge in [0.1, 0.15) is 5.75 Å². The Bertz CT molecular complexity index is 436. The highest BCUT2D eigenvalue weighted by atomic mass is 16.5. The van der Waals surface area contributed by atoms with Crippen molar-refractivity contribution in [1.29, 1.82) is 0 Å². The zero-order valence-electron chi connectivity index (χ0n) is 11.3. The Morgan fingerprint density at radius 1 is 1.53 bits per heavy atom. The van der Waals surface area contributed by atoms with Crippen molar-refractivity contribution in [2.75, 3.05) is 33.3 Å². The molecule has 1 aromatic carbocycles. The molecule has 1 atom stereocenters. The summed E-state index contributed by atoms with van der Waals surface area (Å²) in [7, 11) is 1.65. The number of carbonyl (C=O) groups is 1. The first-order valence-electron chi connectivity index (χ1n) is 6.61. The zero-order valence-corrected chi connectivity index (χ0v) is 11.3.